The number of hydrogen-bond donors (Lipinski definition) is 1. The molecule has 0 aromatic carbocycles. The molecule has 1 aliphatic heterocycles. The van der Waals surface area contributed by atoms with Gasteiger partial charge in [-0.05, 0) is 6.07 Å². The van der Waals surface area contributed by atoms with E-state index in [1.165, 1.54) is 0 Å². The van der Waals surface area contributed by atoms with Crippen molar-refractivity contribution in [3.63, 3.8) is 0 Å². The molecule has 0 bridgehead atoms. The van der Waals surface area contributed by atoms with Gasteiger partial charge in [0.1, 0.15) is 23.9 Å². The Morgan fingerprint density at radius 3 is 3.05 bits per heavy atom. The molecule has 0 atom stereocenters. The Kier molecular flexibility index (Phi) is 2.23. The average molecular weight is 265 g/mol. The maximum absolute atomic E-state index is 8.81. The smallest absolute Gasteiger partial charge is 0.142 e. The third kappa shape index (κ3) is 1.55. The Morgan fingerprint density at radius 2 is 2.25 bits per heavy atom. The first kappa shape index (κ1) is 11.0. The van der Waals surface area contributed by atoms with Crippen LogP contribution in [0.1, 0.15) is 11.6 Å². The van der Waals surface area contributed by atoms with E-state index in [0.29, 0.717) is 11.6 Å². The lowest BCUT2D eigenvalue weighted by molar-refractivity contribution is 0.366. The quantitative estimate of drug-likeness (QED) is 0.749. The first-order valence-corrected chi connectivity index (χ1v) is 6.32. The molecule has 0 spiro atoms. The van der Waals surface area contributed by atoms with Crippen molar-refractivity contribution in [1.29, 1.82) is 5.26 Å². The second kappa shape index (κ2) is 4.06. The number of nitrogens with zero attached hydrogens (tertiary/aromatic N) is 6. The van der Waals surface area contributed by atoms with Crippen molar-refractivity contribution in [2.75, 3.05) is 18.0 Å². The molecule has 0 radical (unpaired) electrons. The molecular weight excluding hydrogens is 254 g/mol. The Morgan fingerprint density at radius 1 is 1.35 bits per heavy atom. The van der Waals surface area contributed by atoms with Gasteiger partial charge in [0.2, 0.25) is 0 Å². The van der Waals surface area contributed by atoms with Crippen LogP contribution >= 0.6 is 0 Å². The zero-order chi connectivity index (χ0) is 13.5. The van der Waals surface area contributed by atoms with Gasteiger partial charge in [-0.3, -0.25) is 4.68 Å². The van der Waals surface area contributed by atoms with Crippen LogP contribution in [0.2, 0.25) is 0 Å². The molecule has 3 aromatic heterocycles. The first-order chi connectivity index (χ1) is 9.85. The summed E-state index contributed by atoms with van der Waals surface area (Å²) < 4.78 is 1.85. The summed E-state index contributed by atoms with van der Waals surface area (Å²) in [5.41, 5.74) is 1.45. The molecule has 1 fully saturated rings. The highest BCUT2D eigenvalue weighted by atomic mass is 15.4. The van der Waals surface area contributed by atoms with Gasteiger partial charge in [0, 0.05) is 25.5 Å². The van der Waals surface area contributed by atoms with Crippen molar-refractivity contribution in [3.05, 3.63) is 36.5 Å². The van der Waals surface area contributed by atoms with Gasteiger partial charge in [-0.1, -0.05) is 0 Å². The van der Waals surface area contributed by atoms with Gasteiger partial charge in [-0.2, -0.15) is 10.4 Å². The second-order valence-corrected chi connectivity index (χ2v) is 4.82. The molecule has 0 saturated carbocycles. The number of anilines is 1. The van der Waals surface area contributed by atoms with Gasteiger partial charge >= 0.3 is 0 Å². The number of hydrogen-bond acceptors (Lipinski definition) is 5. The molecule has 20 heavy (non-hydrogen) atoms. The largest absolute Gasteiger partial charge is 0.352 e. The van der Waals surface area contributed by atoms with E-state index >= 15 is 0 Å². The number of aromatic nitrogens is 5. The summed E-state index contributed by atoms with van der Waals surface area (Å²) in [6.45, 7) is 1.67. The molecule has 1 N–H and O–H groups in total. The average Bonchev–Trinajstić information content (AvgIpc) is 3.05. The van der Waals surface area contributed by atoms with E-state index in [0.717, 1.165) is 29.9 Å². The SMILES string of the molecule is N#Cc1cnn(C2CN(c3ncnc4[nH]ccc34)C2)c1. The summed E-state index contributed by atoms with van der Waals surface area (Å²) in [6, 6.07) is 4.37. The third-order valence-electron chi connectivity index (χ3n) is 3.60. The molecule has 98 valence electrons. The summed E-state index contributed by atoms with van der Waals surface area (Å²) >= 11 is 0. The number of rotatable bonds is 2. The van der Waals surface area contributed by atoms with Crippen LogP contribution in [0.5, 0.6) is 0 Å². The van der Waals surface area contributed by atoms with Crippen LogP contribution in [-0.4, -0.2) is 37.8 Å². The molecule has 0 aliphatic carbocycles. The Hall–Kier alpha value is -2.88. The van der Waals surface area contributed by atoms with E-state index in [2.05, 4.69) is 31.0 Å². The fraction of sp³-hybridized carbons (Fsp3) is 0.231. The van der Waals surface area contributed by atoms with E-state index in [-0.39, 0.29) is 0 Å². The normalized spacial score (nSPS) is 15.2. The molecular formula is C13H11N7. The summed E-state index contributed by atoms with van der Waals surface area (Å²) in [5, 5.41) is 14.1. The maximum atomic E-state index is 8.81. The van der Waals surface area contributed by atoms with Crippen molar-refractivity contribution in [1.82, 2.24) is 24.7 Å². The fourth-order valence-corrected chi connectivity index (χ4v) is 2.50. The molecule has 4 heterocycles. The minimum Gasteiger partial charge on any atom is -0.352 e. The highest BCUT2D eigenvalue weighted by Crippen LogP contribution is 2.30. The lowest BCUT2D eigenvalue weighted by atomic mass is 10.1. The first-order valence-electron chi connectivity index (χ1n) is 6.32. The summed E-state index contributed by atoms with van der Waals surface area (Å²) in [6.07, 6.45) is 6.82. The van der Waals surface area contributed by atoms with E-state index in [4.69, 9.17) is 5.26 Å². The van der Waals surface area contributed by atoms with Crippen molar-refractivity contribution < 1.29 is 0 Å². The third-order valence-corrected chi connectivity index (χ3v) is 3.60. The predicted octanol–water partition coefficient (Wildman–Crippen LogP) is 1.09. The van der Waals surface area contributed by atoms with Gasteiger partial charge < -0.3 is 9.88 Å². The monoisotopic (exact) mass is 265 g/mol. The van der Waals surface area contributed by atoms with Gasteiger partial charge in [-0.15, -0.1) is 0 Å². The highest BCUT2D eigenvalue weighted by Gasteiger charge is 2.31. The fourth-order valence-electron chi connectivity index (χ4n) is 2.50. The van der Waals surface area contributed by atoms with Gasteiger partial charge in [0.05, 0.1) is 23.2 Å². The molecule has 7 heteroatoms. The Bertz CT molecular complexity index is 803. The van der Waals surface area contributed by atoms with Crippen molar-refractivity contribution in [2.45, 2.75) is 6.04 Å². The van der Waals surface area contributed by atoms with E-state index in [9.17, 15) is 0 Å². The predicted molar refractivity (Wildman–Crippen MR) is 72.1 cm³/mol. The highest BCUT2D eigenvalue weighted by molar-refractivity contribution is 5.87. The van der Waals surface area contributed by atoms with E-state index < -0.39 is 0 Å². The Balaban J connectivity index is 1.56. The zero-order valence-electron chi connectivity index (χ0n) is 10.6. The number of nitriles is 1. The minimum absolute atomic E-state index is 0.293. The summed E-state index contributed by atoms with van der Waals surface area (Å²) in [5.74, 6) is 0.945. The number of fused-ring (bicyclic) bond motifs is 1. The topological polar surface area (TPSA) is 86.4 Å². The minimum atomic E-state index is 0.293. The zero-order valence-corrected chi connectivity index (χ0v) is 10.6. The maximum Gasteiger partial charge on any atom is 0.142 e. The number of nitrogens with one attached hydrogen (secondary N) is 1. The van der Waals surface area contributed by atoms with Crippen molar-refractivity contribution in [3.8, 4) is 6.07 Å². The Labute approximate surface area is 114 Å². The molecule has 1 aliphatic rings. The van der Waals surface area contributed by atoms with Crippen LogP contribution < -0.4 is 4.90 Å². The second-order valence-electron chi connectivity index (χ2n) is 4.82. The standard InChI is InChI=1S/C13H11N7/c14-3-9-4-18-20(5-9)10-6-19(7-10)13-11-1-2-15-12(11)16-8-17-13/h1-2,4-5,8,10H,6-7H2,(H,15,16,17). The van der Waals surface area contributed by atoms with Crippen LogP contribution in [0, 0.1) is 11.3 Å². The molecule has 1 saturated heterocycles. The van der Waals surface area contributed by atoms with E-state index in [1.54, 1.807) is 18.7 Å². The molecule has 3 aromatic rings. The van der Waals surface area contributed by atoms with Crippen LogP contribution in [0.4, 0.5) is 5.82 Å². The lowest BCUT2D eigenvalue weighted by Crippen LogP contribution is -2.48. The number of H-pyrrole nitrogens is 1. The molecule has 7 nitrogen and oxygen atoms in total. The molecule has 0 amide bonds. The number of aromatic amines is 1. The van der Waals surface area contributed by atoms with Crippen molar-refractivity contribution >= 4 is 16.9 Å². The van der Waals surface area contributed by atoms with Gasteiger partial charge in [0.25, 0.3) is 0 Å². The van der Waals surface area contributed by atoms with Crippen molar-refractivity contribution in [2.24, 2.45) is 0 Å². The lowest BCUT2D eigenvalue weighted by Gasteiger charge is -2.40. The van der Waals surface area contributed by atoms with Crippen LogP contribution in [0.25, 0.3) is 11.0 Å². The van der Waals surface area contributed by atoms with E-state index in [1.807, 2.05) is 16.9 Å². The summed E-state index contributed by atoms with van der Waals surface area (Å²) in [7, 11) is 0. The molecule has 0 unspecified atom stereocenters. The summed E-state index contributed by atoms with van der Waals surface area (Å²) in [4.78, 5) is 13.8. The van der Waals surface area contributed by atoms with Crippen LogP contribution in [0.3, 0.4) is 0 Å². The van der Waals surface area contributed by atoms with Crippen LogP contribution in [-0.2, 0) is 0 Å². The molecule has 4 rings (SSSR count). The van der Waals surface area contributed by atoms with Crippen LogP contribution in [0.15, 0.2) is 31.0 Å². The van der Waals surface area contributed by atoms with Gasteiger partial charge in [-0.25, -0.2) is 9.97 Å². The van der Waals surface area contributed by atoms with Gasteiger partial charge in [0.15, 0.2) is 0 Å².